The van der Waals surface area contributed by atoms with E-state index in [-0.39, 0.29) is 17.5 Å². The van der Waals surface area contributed by atoms with Gasteiger partial charge in [0.1, 0.15) is 0 Å². The van der Waals surface area contributed by atoms with Gasteiger partial charge in [0.15, 0.2) is 0 Å². The minimum Gasteiger partial charge on any atom is -0.349 e. The lowest BCUT2D eigenvalue weighted by atomic mass is 10.0. The number of nitrogens with one attached hydrogen (secondary N) is 1. The molecule has 0 fully saturated rings. The van der Waals surface area contributed by atoms with Crippen molar-refractivity contribution in [3.05, 3.63) is 35.4 Å². The quantitative estimate of drug-likeness (QED) is 0.843. The smallest absolute Gasteiger partial charge is 0.349 e. The molecule has 106 valence electrons. The van der Waals surface area contributed by atoms with E-state index in [4.69, 9.17) is 11.6 Å². The van der Waals surface area contributed by atoms with Crippen LogP contribution in [0.5, 0.6) is 0 Å². The summed E-state index contributed by atoms with van der Waals surface area (Å²) in [6.07, 6.45) is -4.55. The maximum atomic E-state index is 12.8. The first-order valence-corrected chi connectivity index (χ1v) is 6.34. The van der Waals surface area contributed by atoms with E-state index in [2.05, 4.69) is 5.32 Å². The van der Waals surface area contributed by atoms with E-state index in [0.29, 0.717) is 5.88 Å². The molecule has 1 aromatic rings. The van der Waals surface area contributed by atoms with Crippen molar-refractivity contribution in [2.45, 2.75) is 26.1 Å². The van der Waals surface area contributed by atoms with Crippen molar-refractivity contribution in [2.24, 2.45) is 5.92 Å². The van der Waals surface area contributed by atoms with Gasteiger partial charge in [-0.15, -0.1) is 11.6 Å². The van der Waals surface area contributed by atoms with E-state index in [1.807, 2.05) is 6.92 Å². The molecule has 0 bridgehead atoms. The lowest BCUT2D eigenvalue weighted by molar-refractivity contribution is -0.137. The standard InChI is InChI=1S/C13H15ClF3NO/c1-8(7-14)9(2)18-12(19)10-5-3-4-6-11(10)13(15,16)17/h3-6,8-9H,7H2,1-2H3,(H,18,19). The zero-order chi connectivity index (χ0) is 14.6. The Balaban J connectivity index is 2.95. The monoisotopic (exact) mass is 293 g/mol. The molecular formula is C13H15ClF3NO. The molecule has 1 N–H and O–H groups in total. The lowest BCUT2D eigenvalue weighted by Crippen LogP contribution is -2.38. The second kappa shape index (κ2) is 6.28. The van der Waals surface area contributed by atoms with Crippen molar-refractivity contribution < 1.29 is 18.0 Å². The predicted molar refractivity (Wildman–Crippen MR) is 68.3 cm³/mol. The van der Waals surface area contributed by atoms with E-state index in [1.54, 1.807) is 6.92 Å². The summed E-state index contributed by atoms with van der Waals surface area (Å²) >= 11 is 5.65. The lowest BCUT2D eigenvalue weighted by Gasteiger charge is -2.20. The topological polar surface area (TPSA) is 29.1 Å². The van der Waals surface area contributed by atoms with Crippen molar-refractivity contribution >= 4 is 17.5 Å². The summed E-state index contributed by atoms with van der Waals surface area (Å²) in [7, 11) is 0. The Morgan fingerprint density at radius 2 is 1.89 bits per heavy atom. The number of carbonyl (C=O) groups is 1. The molecule has 2 nitrogen and oxygen atoms in total. The first-order chi connectivity index (χ1) is 8.77. The van der Waals surface area contributed by atoms with Gasteiger partial charge < -0.3 is 5.32 Å². The Kier molecular flexibility index (Phi) is 5.23. The Morgan fingerprint density at radius 3 is 2.42 bits per heavy atom. The number of hydrogen-bond acceptors (Lipinski definition) is 1. The van der Waals surface area contributed by atoms with Crippen LogP contribution in [0.15, 0.2) is 24.3 Å². The van der Waals surface area contributed by atoms with Crippen LogP contribution in [0, 0.1) is 5.92 Å². The van der Waals surface area contributed by atoms with Gasteiger partial charge in [0.25, 0.3) is 5.91 Å². The Labute approximate surface area is 114 Å². The van der Waals surface area contributed by atoms with Crippen molar-refractivity contribution in [3.63, 3.8) is 0 Å². The summed E-state index contributed by atoms with van der Waals surface area (Å²) in [5, 5.41) is 2.54. The van der Waals surface area contributed by atoms with Gasteiger partial charge in [-0.25, -0.2) is 0 Å². The third-order valence-electron chi connectivity index (χ3n) is 2.93. The Bertz CT molecular complexity index is 448. The molecule has 0 aliphatic heterocycles. The second-order valence-corrected chi connectivity index (χ2v) is 4.75. The number of rotatable bonds is 4. The minimum atomic E-state index is -4.55. The number of benzene rings is 1. The number of amides is 1. The number of carbonyl (C=O) groups excluding carboxylic acids is 1. The van der Waals surface area contributed by atoms with E-state index >= 15 is 0 Å². The fraction of sp³-hybridized carbons (Fsp3) is 0.462. The second-order valence-electron chi connectivity index (χ2n) is 4.44. The molecule has 2 atom stereocenters. The summed E-state index contributed by atoms with van der Waals surface area (Å²) in [6, 6.07) is 4.41. The van der Waals surface area contributed by atoms with Crippen LogP contribution >= 0.6 is 11.6 Å². The number of alkyl halides is 4. The Morgan fingerprint density at radius 1 is 1.32 bits per heavy atom. The van der Waals surface area contributed by atoms with E-state index in [1.165, 1.54) is 12.1 Å². The molecule has 0 heterocycles. The van der Waals surface area contributed by atoms with Crippen molar-refractivity contribution in [1.29, 1.82) is 0 Å². The zero-order valence-electron chi connectivity index (χ0n) is 10.6. The minimum absolute atomic E-state index is 0.0244. The van der Waals surface area contributed by atoms with Crippen LogP contribution in [-0.4, -0.2) is 17.8 Å². The molecule has 0 spiro atoms. The third kappa shape index (κ3) is 4.13. The van der Waals surface area contributed by atoms with Crippen LogP contribution in [-0.2, 0) is 6.18 Å². The number of hydrogen-bond donors (Lipinski definition) is 1. The maximum absolute atomic E-state index is 12.8. The molecule has 0 aliphatic rings. The first-order valence-electron chi connectivity index (χ1n) is 5.80. The maximum Gasteiger partial charge on any atom is 0.417 e. The highest BCUT2D eigenvalue weighted by Gasteiger charge is 2.35. The highest BCUT2D eigenvalue weighted by atomic mass is 35.5. The highest BCUT2D eigenvalue weighted by molar-refractivity contribution is 6.18. The predicted octanol–water partition coefficient (Wildman–Crippen LogP) is 3.70. The van der Waals surface area contributed by atoms with Gasteiger partial charge >= 0.3 is 6.18 Å². The average molecular weight is 294 g/mol. The molecule has 0 saturated heterocycles. The van der Waals surface area contributed by atoms with Gasteiger partial charge in [0, 0.05) is 11.9 Å². The number of halogens is 4. The zero-order valence-corrected chi connectivity index (χ0v) is 11.3. The van der Waals surface area contributed by atoms with Gasteiger partial charge in [-0.05, 0) is 25.0 Å². The SMILES string of the molecule is CC(CCl)C(C)NC(=O)c1ccccc1C(F)(F)F. The fourth-order valence-corrected chi connectivity index (χ4v) is 1.76. The molecule has 0 aliphatic carbocycles. The summed E-state index contributed by atoms with van der Waals surface area (Å²) in [5.74, 6) is -0.441. The molecule has 1 amide bonds. The highest BCUT2D eigenvalue weighted by Crippen LogP contribution is 2.31. The van der Waals surface area contributed by atoms with E-state index < -0.39 is 17.6 Å². The van der Waals surface area contributed by atoms with Crippen molar-refractivity contribution in [1.82, 2.24) is 5.32 Å². The molecule has 1 aromatic carbocycles. The molecule has 1 rings (SSSR count). The van der Waals surface area contributed by atoms with Crippen LogP contribution in [0.4, 0.5) is 13.2 Å². The van der Waals surface area contributed by atoms with Crippen molar-refractivity contribution in [3.8, 4) is 0 Å². The van der Waals surface area contributed by atoms with Gasteiger partial charge in [-0.2, -0.15) is 13.2 Å². The summed E-state index contributed by atoms with van der Waals surface area (Å²) < 4.78 is 38.3. The third-order valence-corrected chi connectivity index (χ3v) is 3.42. The Hall–Kier alpha value is -1.23. The molecular weight excluding hydrogens is 279 g/mol. The van der Waals surface area contributed by atoms with E-state index in [0.717, 1.165) is 12.1 Å². The van der Waals surface area contributed by atoms with Crippen LogP contribution in [0.25, 0.3) is 0 Å². The molecule has 0 aromatic heterocycles. The van der Waals surface area contributed by atoms with Crippen molar-refractivity contribution in [2.75, 3.05) is 5.88 Å². The summed E-state index contributed by atoms with van der Waals surface area (Å²) in [6.45, 7) is 3.52. The first kappa shape index (κ1) is 15.8. The molecule has 0 saturated carbocycles. The fourth-order valence-electron chi connectivity index (χ4n) is 1.49. The van der Waals surface area contributed by atoms with E-state index in [9.17, 15) is 18.0 Å². The van der Waals surface area contributed by atoms with Gasteiger partial charge in [0.2, 0.25) is 0 Å². The summed E-state index contributed by atoms with van der Waals surface area (Å²) in [5.41, 5.74) is -1.30. The van der Waals surface area contributed by atoms with Gasteiger partial charge in [0.05, 0.1) is 11.1 Å². The molecule has 0 radical (unpaired) electrons. The molecule has 19 heavy (non-hydrogen) atoms. The van der Waals surface area contributed by atoms with Gasteiger partial charge in [-0.3, -0.25) is 4.79 Å². The van der Waals surface area contributed by atoms with Gasteiger partial charge in [-0.1, -0.05) is 19.1 Å². The van der Waals surface area contributed by atoms with Crippen LogP contribution in [0.1, 0.15) is 29.8 Å². The van der Waals surface area contributed by atoms with Crippen LogP contribution in [0.3, 0.4) is 0 Å². The average Bonchev–Trinajstić information content (AvgIpc) is 2.36. The molecule has 6 heteroatoms. The largest absolute Gasteiger partial charge is 0.417 e. The molecule has 2 unspecified atom stereocenters. The van der Waals surface area contributed by atoms with Crippen LogP contribution in [0.2, 0.25) is 0 Å². The van der Waals surface area contributed by atoms with Crippen LogP contribution < -0.4 is 5.32 Å². The summed E-state index contributed by atoms with van der Waals surface area (Å²) in [4.78, 5) is 11.9. The normalized spacial score (nSPS) is 14.8.